The third-order valence-electron chi connectivity index (χ3n) is 3.16. The van der Waals surface area contributed by atoms with Gasteiger partial charge in [0.05, 0.1) is 0 Å². The Hall–Kier alpha value is -1.37. The third-order valence-corrected chi connectivity index (χ3v) is 3.16. The molecule has 1 aromatic carbocycles. The van der Waals surface area contributed by atoms with Crippen LogP contribution in [0.25, 0.3) is 0 Å². The molecule has 0 amide bonds. The predicted octanol–water partition coefficient (Wildman–Crippen LogP) is 3.47. The molecule has 2 rings (SSSR count). The van der Waals surface area contributed by atoms with Gasteiger partial charge in [-0.1, -0.05) is 36.4 Å². The Bertz CT molecular complexity index is 376. The van der Waals surface area contributed by atoms with Gasteiger partial charge < -0.3 is 0 Å². The Morgan fingerprint density at radius 1 is 1.27 bits per heavy atom. The van der Waals surface area contributed by atoms with Crippen molar-refractivity contribution in [3.8, 4) is 0 Å². The van der Waals surface area contributed by atoms with Gasteiger partial charge in [-0.25, -0.2) is 0 Å². The van der Waals surface area contributed by atoms with Gasteiger partial charge >= 0.3 is 0 Å². The number of Topliss-reactive ketones (excluding diaryl/α,β-unsaturated/α-hetero) is 1. The lowest BCUT2D eigenvalue weighted by molar-refractivity contribution is -0.116. The molecule has 1 aliphatic rings. The highest BCUT2D eigenvalue weighted by Crippen LogP contribution is 2.33. The molecular weight excluding hydrogens is 184 g/mol. The van der Waals surface area contributed by atoms with Crippen molar-refractivity contribution in [2.75, 3.05) is 0 Å². The Morgan fingerprint density at radius 2 is 2.00 bits per heavy atom. The molecule has 1 heteroatoms. The smallest absolute Gasteiger partial charge is 0.158 e. The Morgan fingerprint density at radius 3 is 2.67 bits per heavy atom. The maximum atomic E-state index is 11.5. The molecule has 1 aromatic rings. The molecule has 0 saturated heterocycles. The van der Waals surface area contributed by atoms with Crippen LogP contribution in [0.1, 0.15) is 37.7 Å². The predicted molar refractivity (Wildman–Crippen MR) is 61.8 cm³/mol. The van der Waals surface area contributed by atoms with Crippen molar-refractivity contribution in [3.05, 3.63) is 47.5 Å². The van der Waals surface area contributed by atoms with Gasteiger partial charge in [-0.05, 0) is 36.8 Å². The minimum Gasteiger partial charge on any atom is -0.295 e. The molecule has 1 atom stereocenters. The Balaban J connectivity index is 2.17. The van der Waals surface area contributed by atoms with Crippen LogP contribution in [0.2, 0.25) is 0 Å². The van der Waals surface area contributed by atoms with Crippen LogP contribution in [0.4, 0.5) is 0 Å². The second-order valence-corrected chi connectivity index (χ2v) is 4.09. The van der Waals surface area contributed by atoms with Crippen molar-refractivity contribution in [2.45, 2.75) is 32.1 Å². The van der Waals surface area contributed by atoms with Crippen LogP contribution in [0.15, 0.2) is 42.0 Å². The standard InChI is InChI=1S/C14H16O/c1-2-11-10-13(8-9-14(11)15)12-6-4-3-5-7-12/h2-7,13H,8-10H2,1H3/b11-2-. The van der Waals surface area contributed by atoms with Crippen molar-refractivity contribution in [2.24, 2.45) is 0 Å². The first-order valence-corrected chi connectivity index (χ1v) is 5.54. The van der Waals surface area contributed by atoms with E-state index < -0.39 is 0 Å². The second kappa shape index (κ2) is 4.43. The number of carbonyl (C=O) groups excluding carboxylic acids is 1. The number of ketones is 1. The third kappa shape index (κ3) is 2.17. The lowest BCUT2D eigenvalue weighted by Crippen LogP contribution is -2.15. The van der Waals surface area contributed by atoms with Crippen molar-refractivity contribution < 1.29 is 4.79 Å². The van der Waals surface area contributed by atoms with E-state index in [1.807, 2.05) is 19.1 Å². The summed E-state index contributed by atoms with van der Waals surface area (Å²) in [6.07, 6.45) is 4.59. The van der Waals surface area contributed by atoms with E-state index in [4.69, 9.17) is 0 Å². The molecule has 15 heavy (non-hydrogen) atoms. The first-order chi connectivity index (χ1) is 7.31. The molecule has 1 saturated carbocycles. The van der Waals surface area contributed by atoms with E-state index in [9.17, 15) is 4.79 Å². The van der Waals surface area contributed by atoms with Gasteiger partial charge in [0.1, 0.15) is 0 Å². The zero-order valence-electron chi connectivity index (χ0n) is 9.07. The second-order valence-electron chi connectivity index (χ2n) is 4.09. The SMILES string of the molecule is C/C=C1/CC(c2ccccc2)CCC1=O. The lowest BCUT2D eigenvalue weighted by atomic mass is 9.80. The number of carbonyl (C=O) groups is 1. The average molecular weight is 200 g/mol. The monoisotopic (exact) mass is 200 g/mol. The summed E-state index contributed by atoms with van der Waals surface area (Å²) in [7, 11) is 0. The van der Waals surface area contributed by atoms with Gasteiger partial charge in [-0.2, -0.15) is 0 Å². The Labute approximate surface area is 90.8 Å². The van der Waals surface area contributed by atoms with Gasteiger partial charge in [0.25, 0.3) is 0 Å². The van der Waals surface area contributed by atoms with E-state index in [0.29, 0.717) is 18.1 Å². The van der Waals surface area contributed by atoms with Gasteiger partial charge in [-0.15, -0.1) is 0 Å². The van der Waals surface area contributed by atoms with Crippen LogP contribution in [-0.4, -0.2) is 5.78 Å². The average Bonchev–Trinajstić information content (AvgIpc) is 2.31. The lowest BCUT2D eigenvalue weighted by Gasteiger charge is -2.23. The normalized spacial score (nSPS) is 24.5. The molecule has 0 bridgehead atoms. The van der Waals surface area contributed by atoms with Gasteiger partial charge in [0, 0.05) is 6.42 Å². The van der Waals surface area contributed by atoms with Crippen molar-refractivity contribution in [3.63, 3.8) is 0 Å². The van der Waals surface area contributed by atoms with E-state index in [1.54, 1.807) is 0 Å². The largest absolute Gasteiger partial charge is 0.295 e. The maximum Gasteiger partial charge on any atom is 0.158 e. The number of hydrogen-bond donors (Lipinski definition) is 0. The van der Waals surface area contributed by atoms with Crippen molar-refractivity contribution in [1.82, 2.24) is 0 Å². The first kappa shape index (κ1) is 10.2. The highest BCUT2D eigenvalue weighted by Gasteiger charge is 2.23. The van der Waals surface area contributed by atoms with E-state index in [-0.39, 0.29) is 0 Å². The maximum absolute atomic E-state index is 11.5. The van der Waals surface area contributed by atoms with Crippen LogP contribution in [0, 0.1) is 0 Å². The number of allylic oxidation sites excluding steroid dienone is 2. The van der Waals surface area contributed by atoms with Crippen LogP contribution in [-0.2, 0) is 4.79 Å². The summed E-state index contributed by atoms with van der Waals surface area (Å²) in [5, 5.41) is 0. The summed E-state index contributed by atoms with van der Waals surface area (Å²) in [4.78, 5) is 11.5. The molecule has 1 nitrogen and oxygen atoms in total. The van der Waals surface area contributed by atoms with E-state index in [1.165, 1.54) is 5.56 Å². The molecule has 0 spiro atoms. The number of benzene rings is 1. The zero-order chi connectivity index (χ0) is 10.7. The van der Waals surface area contributed by atoms with Crippen LogP contribution in [0.5, 0.6) is 0 Å². The molecule has 78 valence electrons. The van der Waals surface area contributed by atoms with Crippen LogP contribution >= 0.6 is 0 Å². The quantitative estimate of drug-likeness (QED) is 0.634. The molecule has 0 radical (unpaired) electrons. The van der Waals surface area contributed by atoms with E-state index >= 15 is 0 Å². The van der Waals surface area contributed by atoms with Crippen molar-refractivity contribution >= 4 is 5.78 Å². The summed E-state index contributed by atoms with van der Waals surface area (Å²) in [5.41, 5.74) is 2.37. The zero-order valence-corrected chi connectivity index (χ0v) is 9.07. The molecule has 1 unspecified atom stereocenters. The Kier molecular flexibility index (Phi) is 3.00. The number of rotatable bonds is 1. The minimum absolute atomic E-state index is 0.338. The molecule has 0 aromatic heterocycles. The molecule has 1 aliphatic carbocycles. The molecule has 0 aliphatic heterocycles. The molecule has 1 fully saturated rings. The fraction of sp³-hybridized carbons (Fsp3) is 0.357. The van der Waals surface area contributed by atoms with E-state index in [2.05, 4.69) is 24.3 Å². The first-order valence-electron chi connectivity index (χ1n) is 5.54. The van der Waals surface area contributed by atoms with E-state index in [0.717, 1.165) is 18.4 Å². The highest BCUT2D eigenvalue weighted by atomic mass is 16.1. The fourth-order valence-corrected chi connectivity index (χ4v) is 2.24. The summed E-state index contributed by atoms with van der Waals surface area (Å²) in [6.45, 7) is 1.96. The molecular formula is C14H16O. The summed E-state index contributed by atoms with van der Waals surface area (Å²) < 4.78 is 0. The highest BCUT2D eigenvalue weighted by molar-refractivity contribution is 5.96. The molecule has 0 N–H and O–H groups in total. The molecule has 0 heterocycles. The van der Waals surface area contributed by atoms with Gasteiger partial charge in [0.15, 0.2) is 5.78 Å². The van der Waals surface area contributed by atoms with Gasteiger partial charge in [-0.3, -0.25) is 4.79 Å². The van der Waals surface area contributed by atoms with Crippen LogP contribution in [0.3, 0.4) is 0 Å². The summed E-state index contributed by atoms with van der Waals surface area (Å²) in [6, 6.07) is 10.5. The minimum atomic E-state index is 0.338. The fourth-order valence-electron chi connectivity index (χ4n) is 2.24. The summed E-state index contributed by atoms with van der Waals surface area (Å²) in [5.74, 6) is 0.875. The van der Waals surface area contributed by atoms with Gasteiger partial charge in [0.2, 0.25) is 0 Å². The van der Waals surface area contributed by atoms with Crippen molar-refractivity contribution in [1.29, 1.82) is 0 Å². The van der Waals surface area contributed by atoms with Crippen LogP contribution < -0.4 is 0 Å². The topological polar surface area (TPSA) is 17.1 Å². The summed E-state index contributed by atoms with van der Waals surface area (Å²) >= 11 is 0. The number of hydrogen-bond acceptors (Lipinski definition) is 1.